The summed E-state index contributed by atoms with van der Waals surface area (Å²) >= 11 is 0. The topological polar surface area (TPSA) is 60.2 Å². The van der Waals surface area contributed by atoms with Gasteiger partial charge in [0, 0.05) is 0 Å². The zero-order chi connectivity index (χ0) is 10.9. The quantitative estimate of drug-likeness (QED) is 0.807. The highest BCUT2D eigenvalue weighted by molar-refractivity contribution is 7.88. The summed E-state index contributed by atoms with van der Waals surface area (Å²) in [4.78, 5) is 0. The van der Waals surface area contributed by atoms with E-state index in [9.17, 15) is 8.42 Å². The van der Waals surface area contributed by atoms with Gasteiger partial charge in [-0.3, -0.25) is 0 Å². The molecule has 0 heterocycles. The van der Waals surface area contributed by atoms with Crippen molar-refractivity contribution in [2.75, 3.05) is 0 Å². The lowest BCUT2D eigenvalue weighted by Crippen LogP contribution is -2.16. The van der Waals surface area contributed by atoms with Gasteiger partial charge in [0.1, 0.15) is 0 Å². The van der Waals surface area contributed by atoms with E-state index in [0.717, 1.165) is 22.3 Å². The Labute approximate surface area is 85.0 Å². The minimum atomic E-state index is -3.44. The van der Waals surface area contributed by atoms with Crippen LogP contribution < -0.4 is 5.14 Å². The van der Waals surface area contributed by atoms with Crippen LogP contribution in [0.3, 0.4) is 0 Å². The molecule has 1 rings (SSSR count). The van der Waals surface area contributed by atoms with Crippen LogP contribution in [0, 0.1) is 20.8 Å². The number of primary sulfonamides is 1. The molecule has 0 amide bonds. The Morgan fingerprint density at radius 3 is 1.93 bits per heavy atom. The number of hydrogen-bond acceptors (Lipinski definition) is 2. The lowest BCUT2D eigenvalue weighted by Gasteiger charge is -2.09. The Morgan fingerprint density at radius 2 is 1.57 bits per heavy atom. The Bertz CT molecular complexity index is 426. The Morgan fingerprint density at radius 1 is 1.14 bits per heavy atom. The van der Waals surface area contributed by atoms with Crippen molar-refractivity contribution in [1.82, 2.24) is 0 Å². The van der Waals surface area contributed by atoms with E-state index in [1.54, 1.807) is 0 Å². The highest BCUT2D eigenvalue weighted by Gasteiger charge is 2.10. The fourth-order valence-electron chi connectivity index (χ4n) is 1.64. The molecule has 1 aromatic rings. The van der Waals surface area contributed by atoms with E-state index in [-0.39, 0.29) is 5.75 Å². The van der Waals surface area contributed by atoms with Crippen molar-refractivity contribution in [3.05, 3.63) is 34.4 Å². The molecule has 4 heteroatoms. The molecular weight excluding hydrogens is 198 g/mol. The van der Waals surface area contributed by atoms with Crippen molar-refractivity contribution in [2.45, 2.75) is 26.5 Å². The fraction of sp³-hybridized carbons (Fsp3) is 0.400. The van der Waals surface area contributed by atoms with E-state index in [1.165, 1.54) is 0 Å². The summed E-state index contributed by atoms with van der Waals surface area (Å²) in [6.45, 7) is 5.79. The van der Waals surface area contributed by atoms with Gasteiger partial charge in [-0.2, -0.15) is 0 Å². The number of benzene rings is 1. The smallest absolute Gasteiger partial charge is 0.213 e. The zero-order valence-electron chi connectivity index (χ0n) is 8.66. The van der Waals surface area contributed by atoms with E-state index in [4.69, 9.17) is 5.14 Å². The molecule has 0 aromatic heterocycles. The highest BCUT2D eigenvalue weighted by Crippen LogP contribution is 2.17. The van der Waals surface area contributed by atoms with Crippen molar-refractivity contribution in [3.63, 3.8) is 0 Å². The van der Waals surface area contributed by atoms with E-state index in [2.05, 4.69) is 0 Å². The summed E-state index contributed by atoms with van der Waals surface area (Å²) in [7, 11) is -3.44. The van der Waals surface area contributed by atoms with Gasteiger partial charge >= 0.3 is 0 Å². The van der Waals surface area contributed by atoms with Gasteiger partial charge in [0.15, 0.2) is 0 Å². The first-order valence-electron chi connectivity index (χ1n) is 4.37. The molecule has 0 atom stereocenters. The summed E-state index contributed by atoms with van der Waals surface area (Å²) in [5.41, 5.74) is 3.92. The van der Waals surface area contributed by atoms with E-state index >= 15 is 0 Å². The van der Waals surface area contributed by atoms with Gasteiger partial charge < -0.3 is 0 Å². The second kappa shape index (κ2) is 3.71. The average Bonchev–Trinajstić information content (AvgIpc) is 1.95. The fourth-order valence-corrected chi connectivity index (χ4v) is 2.50. The van der Waals surface area contributed by atoms with Crippen LogP contribution in [0.4, 0.5) is 0 Å². The van der Waals surface area contributed by atoms with Gasteiger partial charge in [0.05, 0.1) is 5.75 Å². The molecule has 0 saturated heterocycles. The van der Waals surface area contributed by atoms with Crippen LogP contribution in [0.15, 0.2) is 12.1 Å². The molecule has 14 heavy (non-hydrogen) atoms. The number of rotatable bonds is 2. The molecule has 0 unspecified atom stereocenters. The van der Waals surface area contributed by atoms with E-state index < -0.39 is 10.0 Å². The number of nitrogens with two attached hydrogens (primary N) is 1. The minimum absolute atomic E-state index is 0.0784. The summed E-state index contributed by atoms with van der Waals surface area (Å²) in [5, 5.41) is 5.02. The molecular formula is C10H15NO2S. The number of aryl methyl sites for hydroxylation is 3. The van der Waals surface area contributed by atoms with Gasteiger partial charge in [0.2, 0.25) is 10.0 Å². The van der Waals surface area contributed by atoms with Crippen LogP contribution in [0.5, 0.6) is 0 Å². The highest BCUT2D eigenvalue weighted by atomic mass is 32.2. The molecule has 2 N–H and O–H groups in total. The predicted molar refractivity (Wildman–Crippen MR) is 57.5 cm³/mol. The predicted octanol–water partition coefficient (Wildman–Crippen LogP) is 1.40. The maximum Gasteiger partial charge on any atom is 0.213 e. The van der Waals surface area contributed by atoms with Crippen LogP contribution in [-0.2, 0) is 15.8 Å². The van der Waals surface area contributed by atoms with E-state index in [0.29, 0.717) is 0 Å². The summed E-state index contributed by atoms with van der Waals surface area (Å²) in [6.07, 6.45) is 0. The van der Waals surface area contributed by atoms with Crippen molar-refractivity contribution in [1.29, 1.82) is 0 Å². The first-order chi connectivity index (χ1) is 6.29. The van der Waals surface area contributed by atoms with Gasteiger partial charge in [-0.25, -0.2) is 13.6 Å². The summed E-state index contributed by atoms with van der Waals surface area (Å²) in [6, 6.07) is 3.93. The first-order valence-corrected chi connectivity index (χ1v) is 6.08. The molecule has 0 radical (unpaired) electrons. The lowest BCUT2D eigenvalue weighted by molar-refractivity contribution is 0.596. The van der Waals surface area contributed by atoms with Gasteiger partial charge in [-0.05, 0) is 37.5 Å². The van der Waals surface area contributed by atoms with Gasteiger partial charge in [-0.15, -0.1) is 0 Å². The minimum Gasteiger partial charge on any atom is -0.228 e. The van der Waals surface area contributed by atoms with Crippen LogP contribution >= 0.6 is 0 Å². The normalized spacial score (nSPS) is 11.7. The average molecular weight is 213 g/mol. The Hall–Kier alpha value is -0.870. The summed E-state index contributed by atoms with van der Waals surface area (Å²) < 4.78 is 21.9. The maximum absolute atomic E-state index is 11.0. The van der Waals surface area contributed by atoms with Crippen molar-refractivity contribution < 1.29 is 8.42 Å². The van der Waals surface area contributed by atoms with Crippen LogP contribution in [0.2, 0.25) is 0 Å². The first kappa shape index (κ1) is 11.2. The SMILES string of the molecule is Cc1cc(C)c(CS(N)(=O)=O)c(C)c1. The second-order valence-corrected chi connectivity index (χ2v) is 5.30. The van der Waals surface area contributed by atoms with Gasteiger partial charge in [-0.1, -0.05) is 17.7 Å². The van der Waals surface area contributed by atoms with Crippen molar-refractivity contribution >= 4 is 10.0 Å². The van der Waals surface area contributed by atoms with Crippen LogP contribution in [0.1, 0.15) is 22.3 Å². The second-order valence-electron chi connectivity index (χ2n) is 3.68. The lowest BCUT2D eigenvalue weighted by atomic mass is 10.0. The summed E-state index contributed by atoms with van der Waals surface area (Å²) in [5.74, 6) is -0.0784. The third-order valence-corrected chi connectivity index (χ3v) is 2.88. The molecule has 0 spiro atoms. The third kappa shape index (κ3) is 2.82. The van der Waals surface area contributed by atoms with Crippen molar-refractivity contribution in [3.8, 4) is 0 Å². The third-order valence-electron chi connectivity index (χ3n) is 2.19. The Kier molecular flexibility index (Phi) is 2.97. The molecule has 0 aliphatic rings. The molecule has 78 valence electrons. The van der Waals surface area contributed by atoms with Crippen molar-refractivity contribution in [2.24, 2.45) is 5.14 Å². The van der Waals surface area contributed by atoms with E-state index in [1.807, 2.05) is 32.9 Å². The molecule has 1 aromatic carbocycles. The number of sulfonamides is 1. The van der Waals surface area contributed by atoms with Gasteiger partial charge in [0.25, 0.3) is 0 Å². The molecule has 0 bridgehead atoms. The standard InChI is InChI=1S/C10H15NO2S/c1-7-4-8(2)10(9(3)5-7)6-14(11,12)13/h4-5H,6H2,1-3H3,(H2,11,12,13). The molecule has 3 nitrogen and oxygen atoms in total. The molecule has 0 saturated carbocycles. The molecule has 0 fully saturated rings. The zero-order valence-corrected chi connectivity index (χ0v) is 9.48. The molecule has 0 aliphatic heterocycles. The maximum atomic E-state index is 11.0. The molecule has 0 aliphatic carbocycles. The monoisotopic (exact) mass is 213 g/mol. The number of hydrogen-bond donors (Lipinski definition) is 1. The van der Waals surface area contributed by atoms with Crippen LogP contribution in [0.25, 0.3) is 0 Å². The Balaban J connectivity index is 3.22. The largest absolute Gasteiger partial charge is 0.228 e. The van der Waals surface area contributed by atoms with Crippen LogP contribution in [-0.4, -0.2) is 8.42 Å².